The molecule has 3 nitrogen and oxygen atoms in total. The molecule has 0 amide bonds. The number of rotatable bonds is 5. The van der Waals surface area contributed by atoms with E-state index in [4.69, 9.17) is 9.47 Å². The molecular weight excluding hydrogens is 226 g/mol. The Hall–Kier alpha value is -1.06. The van der Waals surface area contributed by atoms with Gasteiger partial charge in [-0.3, -0.25) is 0 Å². The molecule has 18 heavy (non-hydrogen) atoms. The van der Waals surface area contributed by atoms with E-state index in [-0.39, 0.29) is 12.2 Å². The van der Waals surface area contributed by atoms with E-state index in [1.54, 1.807) is 0 Å². The minimum atomic E-state index is 0.167. The standard InChI is InChI=1S/C15H23NO2/c1-5-17-15-12(16-4)9-14(15)18-13-8-10(2)6-7-11(13)3/h6-8,12,14-16H,5,9H2,1-4H3. The zero-order valence-corrected chi connectivity index (χ0v) is 11.7. The second-order valence-electron chi connectivity index (χ2n) is 4.98. The van der Waals surface area contributed by atoms with Crippen molar-refractivity contribution in [3.63, 3.8) is 0 Å². The molecule has 0 bridgehead atoms. The van der Waals surface area contributed by atoms with E-state index in [1.807, 2.05) is 14.0 Å². The Morgan fingerprint density at radius 2 is 2.11 bits per heavy atom. The maximum atomic E-state index is 6.09. The van der Waals surface area contributed by atoms with Crippen LogP contribution in [0.4, 0.5) is 0 Å². The third-order valence-corrected chi connectivity index (χ3v) is 3.60. The highest BCUT2D eigenvalue weighted by Crippen LogP contribution is 2.30. The van der Waals surface area contributed by atoms with Crippen LogP contribution in [0, 0.1) is 13.8 Å². The summed E-state index contributed by atoms with van der Waals surface area (Å²) in [5.74, 6) is 0.985. The van der Waals surface area contributed by atoms with Crippen molar-refractivity contribution in [1.29, 1.82) is 0 Å². The minimum absolute atomic E-state index is 0.167. The van der Waals surface area contributed by atoms with E-state index >= 15 is 0 Å². The molecule has 0 spiro atoms. The summed E-state index contributed by atoms with van der Waals surface area (Å²) < 4.78 is 11.8. The average Bonchev–Trinajstić information content (AvgIpc) is 2.35. The number of nitrogens with one attached hydrogen (secondary N) is 1. The van der Waals surface area contributed by atoms with Gasteiger partial charge in [-0.15, -0.1) is 0 Å². The number of hydrogen-bond acceptors (Lipinski definition) is 3. The predicted octanol–water partition coefficient (Wildman–Crippen LogP) is 2.45. The van der Waals surface area contributed by atoms with Crippen LogP contribution in [-0.4, -0.2) is 31.9 Å². The number of hydrogen-bond donors (Lipinski definition) is 1. The smallest absolute Gasteiger partial charge is 0.128 e. The van der Waals surface area contributed by atoms with Crippen LogP contribution in [0.25, 0.3) is 0 Å². The Morgan fingerprint density at radius 3 is 2.78 bits per heavy atom. The molecule has 0 heterocycles. The van der Waals surface area contributed by atoms with Crippen LogP contribution >= 0.6 is 0 Å². The highest BCUT2D eigenvalue weighted by Gasteiger charge is 2.42. The van der Waals surface area contributed by atoms with Gasteiger partial charge in [-0.25, -0.2) is 0 Å². The van der Waals surface area contributed by atoms with E-state index in [9.17, 15) is 0 Å². The van der Waals surface area contributed by atoms with Gasteiger partial charge >= 0.3 is 0 Å². The lowest BCUT2D eigenvalue weighted by Crippen LogP contribution is -2.60. The van der Waals surface area contributed by atoms with E-state index in [1.165, 1.54) is 11.1 Å². The summed E-state index contributed by atoms with van der Waals surface area (Å²) in [5, 5.41) is 3.27. The van der Waals surface area contributed by atoms with Crippen molar-refractivity contribution < 1.29 is 9.47 Å². The van der Waals surface area contributed by atoms with Crippen LogP contribution in [0.2, 0.25) is 0 Å². The first-order valence-corrected chi connectivity index (χ1v) is 6.68. The van der Waals surface area contributed by atoms with Gasteiger partial charge in [0.2, 0.25) is 0 Å². The van der Waals surface area contributed by atoms with Crippen LogP contribution < -0.4 is 10.1 Å². The lowest BCUT2D eigenvalue weighted by Gasteiger charge is -2.43. The largest absolute Gasteiger partial charge is 0.487 e. The van der Waals surface area contributed by atoms with Gasteiger partial charge in [0.15, 0.2) is 0 Å². The molecule has 0 aliphatic heterocycles. The Bertz CT molecular complexity index is 405. The molecule has 1 aliphatic carbocycles. The quantitative estimate of drug-likeness (QED) is 0.869. The van der Waals surface area contributed by atoms with Crippen molar-refractivity contribution in [2.24, 2.45) is 0 Å². The molecule has 1 N–H and O–H groups in total. The molecule has 3 heteroatoms. The maximum absolute atomic E-state index is 6.09. The van der Waals surface area contributed by atoms with Crippen molar-refractivity contribution in [2.45, 2.75) is 45.4 Å². The van der Waals surface area contributed by atoms with Crippen molar-refractivity contribution in [3.05, 3.63) is 29.3 Å². The number of aryl methyl sites for hydroxylation is 2. The Labute approximate surface area is 109 Å². The third kappa shape index (κ3) is 2.68. The highest BCUT2D eigenvalue weighted by molar-refractivity contribution is 5.36. The van der Waals surface area contributed by atoms with Crippen LogP contribution in [0.1, 0.15) is 24.5 Å². The zero-order chi connectivity index (χ0) is 13.1. The fraction of sp³-hybridized carbons (Fsp3) is 0.600. The SMILES string of the molecule is CCOC1C(NC)CC1Oc1cc(C)ccc1C. The molecule has 1 aromatic rings. The molecule has 1 saturated carbocycles. The molecular formula is C15H23NO2. The summed E-state index contributed by atoms with van der Waals surface area (Å²) >= 11 is 0. The first-order valence-electron chi connectivity index (χ1n) is 6.68. The Balaban J connectivity index is 2.03. The van der Waals surface area contributed by atoms with E-state index < -0.39 is 0 Å². The van der Waals surface area contributed by atoms with Crippen LogP contribution in [0.15, 0.2) is 18.2 Å². The van der Waals surface area contributed by atoms with Gasteiger partial charge in [0.05, 0.1) is 0 Å². The van der Waals surface area contributed by atoms with E-state index in [2.05, 4.69) is 37.4 Å². The van der Waals surface area contributed by atoms with Gasteiger partial charge in [0.1, 0.15) is 18.0 Å². The summed E-state index contributed by atoms with van der Waals surface area (Å²) in [4.78, 5) is 0. The topological polar surface area (TPSA) is 30.5 Å². The second-order valence-corrected chi connectivity index (χ2v) is 4.98. The summed E-state index contributed by atoms with van der Waals surface area (Å²) in [6.07, 6.45) is 1.34. The Morgan fingerprint density at radius 1 is 1.33 bits per heavy atom. The van der Waals surface area contributed by atoms with Gasteiger partial charge in [0.25, 0.3) is 0 Å². The van der Waals surface area contributed by atoms with E-state index in [0.717, 1.165) is 18.8 Å². The van der Waals surface area contributed by atoms with Crippen LogP contribution in [-0.2, 0) is 4.74 Å². The molecule has 0 radical (unpaired) electrons. The van der Waals surface area contributed by atoms with Gasteiger partial charge < -0.3 is 14.8 Å². The summed E-state index contributed by atoms with van der Waals surface area (Å²) in [6.45, 7) is 6.93. The molecule has 2 rings (SSSR count). The minimum Gasteiger partial charge on any atom is -0.487 e. The fourth-order valence-corrected chi connectivity index (χ4v) is 2.39. The zero-order valence-electron chi connectivity index (χ0n) is 11.7. The Kier molecular flexibility index (Phi) is 4.25. The van der Waals surface area contributed by atoms with Crippen molar-refractivity contribution >= 4 is 0 Å². The van der Waals surface area contributed by atoms with Gasteiger partial charge in [-0.2, -0.15) is 0 Å². The van der Waals surface area contributed by atoms with Crippen molar-refractivity contribution in [3.8, 4) is 5.75 Å². The van der Waals surface area contributed by atoms with Crippen LogP contribution in [0.3, 0.4) is 0 Å². The second kappa shape index (κ2) is 5.72. The summed E-state index contributed by atoms with van der Waals surface area (Å²) in [5.41, 5.74) is 2.41. The molecule has 1 aliphatic rings. The molecule has 3 atom stereocenters. The normalized spacial score (nSPS) is 26.8. The van der Waals surface area contributed by atoms with Crippen molar-refractivity contribution in [1.82, 2.24) is 5.32 Å². The molecule has 0 aromatic heterocycles. The molecule has 1 aromatic carbocycles. The molecule has 100 valence electrons. The lowest BCUT2D eigenvalue weighted by atomic mass is 9.85. The molecule has 3 unspecified atom stereocenters. The average molecular weight is 249 g/mol. The van der Waals surface area contributed by atoms with Gasteiger partial charge in [-0.05, 0) is 45.0 Å². The number of likely N-dealkylation sites (N-methyl/N-ethyl adjacent to an activating group) is 1. The molecule has 1 fully saturated rings. The number of ether oxygens (including phenoxy) is 2. The lowest BCUT2D eigenvalue weighted by molar-refractivity contribution is -0.103. The summed E-state index contributed by atoms with van der Waals surface area (Å²) in [7, 11) is 1.98. The number of benzene rings is 1. The highest BCUT2D eigenvalue weighted by atomic mass is 16.5. The van der Waals surface area contributed by atoms with E-state index in [0.29, 0.717) is 6.04 Å². The predicted molar refractivity (Wildman–Crippen MR) is 73.2 cm³/mol. The third-order valence-electron chi connectivity index (χ3n) is 3.60. The van der Waals surface area contributed by atoms with Crippen molar-refractivity contribution in [2.75, 3.05) is 13.7 Å². The van der Waals surface area contributed by atoms with Gasteiger partial charge in [0, 0.05) is 19.1 Å². The van der Waals surface area contributed by atoms with Crippen LogP contribution in [0.5, 0.6) is 5.75 Å². The first kappa shape index (κ1) is 13.4. The first-order chi connectivity index (χ1) is 8.65. The maximum Gasteiger partial charge on any atom is 0.128 e. The summed E-state index contributed by atoms with van der Waals surface area (Å²) in [6, 6.07) is 6.74. The monoisotopic (exact) mass is 249 g/mol. The van der Waals surface area contributed by atoms with Gasteiger partial charge in [-0.1, -0.05) is 12.1 Å². The molecule has 0 saturated heterocycles. The fourth-order valence-electron chi connectivity index (χ4n) is 2.39.